The Hall–Kier alpha value is -1.78. The standard InChI is InChI=1S/C17H14BrClN2O/c18-15-4-1-13(2-5-15)10-21(16-7-8-22-12-16)11-14-3-6-17(19)20-9-14/h1-9,12H,10-11H2. The van der Waals surface area contributed by atoms with Gasteiger partial charge in [-0.1, -0.05) is 45.7 Å². The van der Waals surface area contributed by atoms with Gasteiger partial charge in [-0.2, -0.15) is 0 Å². The zero-order chi connectivity index (χ0) is 15.4. The van der Waals surface area contributed by atoms with Crippen LogP contribution in [0.4, 0.5) is 5.69 Å². The maximum atomic E-state index is 5.85. The normalized spacial score (nSPS) is 10.6. The summed E-state index contributed by atoms with van der Waals surface area (Å²) in [7, 11) is 0. The van der Waals surface area contributed by atoms with Crippen LogP contribution >= 0.6 is 27.5 Å². The molecule has 0 radical (unpaired) electrons. The van der Waals surface area contributed by atoms with Gasteiger partial charge < -0.3 is 9.32 Å². The lowest BCUT2D eigenvalue weighted by Gasteiger charge is -2.23. The number of benzene rings is 1. The van der Waals surface area contributed by atoms with Gasteiger partial charge in [0.05, 0.1) is 12.0 Å². The number of pyridine rings is 1. The van der Waals surface area contributed by atoms with E-state index in [0.717, 1.165) is 28.8 Å². The number of hydrogen-bond donors (Lipinski definition) is 0. The van der Waals surface area contributed by atoms with Crippen molar-refractivity contribution in [2.24, 2.45) is 0 Å². The van der Waals surface area contributed by atoms with Crippen LogP contribution in [0.15, 0.2) is 70.1 Å². The Morgan fingerprint density at radius 2 is 1.73 bits per heavy atom. The molecular formula is C17H14BrClN2O. The average Bonchev–Trinajstić information content (AvgIpc) is 3.05. The highest BCUT2D eigenvalue weighted by atomic mass is 79.9. The molecule has 0 aliphatic heterocycles. The van der Waals surface area contributed by atoms with E-state index in [1.165, 1.54) is 5.56 Å². The fourth-order valence-electron chi connectivity index (χ4n) is 2.21. The zero-order valence-corrected chi connectivity index (χ0v) is 14.1. The lowest BCUT2D eigenvalue weighted by molar-refractivity contribution is 0.565. The van der Waals surface area contributed by atoms with E-state index in [4.69, 9.17) is 16.0 Å². The fraction of sp³-hybridized carbons (Fsp3) is 0.118. The second kappa shape index (κ2) is 6.99. The number of hydrogen-bond acceptors (Lipinski definition) is 3. The van der Waals surface area contributed by atoms with Gasteiger partial charge in [0, 0.05) is 23.8 Å². The number of nitrogens with zero attached hydrogens (tertiary/aromatic N) is 2. The summed E-state index contributed by atoms with van der Waals surface area (Å²) in [6.45, 7) is 1.52. The summed E-state index contributed by atoms with van der Waals surface area (Å²) >= 11 is 9.31. The van der Waals surface area contributed by atoms with Crippen molar-refractivity contribution in [3.05, 3.63) is 81.9 Å². The molecule has 0 aliphatic rings. The summed E-state index contributed by atoms with van der Waals surface area (Å²) in [4.78, 5) is 6.38. The quantitative estimate of drug-likeness (QED) is 0.565. The van der Waals surface area contributed by atoms with Crippen LogP contribution in [0.3, 0.4) is 0 Å². The third-order valence-corrected chi connectivity index (χ3v) is 4.07. The Bertz CT molecular complexity index is 664. The van der Waals surface area contributed by atoms with E-state index in [-0.39, 0.29) is 0 Å². The van der Waals surface area contributed by atoms with E-state index in [1.807, 2.05) is 30.3 Å². The molecule has 0 saturated heterocycles. The van der Waals surface area contributed by atoms with Gasteiger partial charge in [0.25, 0.3) is 0 Å². The number of anilines is 1. The molecule has 5 heteroatoms. The second-order valence-electron chi connectivity index (χ2n) is 4.95. The molecule has 3 nitrogen and oxygen atoms in total. The summed E-state index contributed by atoms with van der Waals surface area (Å²) in [5.41, 5.74) is 3.37. The van der Waals surface area contributed by atoms with E-state index in [9.17, 15) is 0 Å². The zero-order valence-electron chi connectivity index (χ0n) is 11.7. The van der Waals surface area contributed by atoms with Crippen molar-refractivity contribution in [3.63, 3.8) is 0 Å². The van der Waals surface area contributed by atoms with Crippen molar-refractivity contribution < 1.29 is 4.42 Å². The largest absolute Gasteiger partial charge is 0.470 e. The monoisotopic (exact) mass is 376 g/mol. The van der Waals surface area contributed by atoms with Gasteiger partial charge in [-0.15, -0.1) is 0 Å². The van der Waals surface area contributed by atoms with Crippen LogP contribution in [0.25, 0.3) is 0 Å². The topological polar surface area (TPSA) is 29.3 Å². The van der Waals surface area contributed by atoms with Gasteiger partial charge in [0.1, 0.15) is 11.4 Å². The van der Waals surface area contributed by atoms with Gasteiger partial charge in [-0.3, -0.25) is 0 Å². The minimum absolute atomic E-state index is 0.506. The molecule has 112 valence electrons. The summed E-state index contributed by atoms with van der Waals surface area (Å²) in [5, 5.41) is 0.506. The van der Waals surface area contributed by atoms with Crippen LogP contribution in [0.1, 0.15) is 11.1 Å². The molecule has 22 heavy (non-hydrogen) atoms. The predicted octanol–water partition coefficient (Wildman–Crippen LogP) is 5.30. The first-order chi connectivity index (χ1) is 10.7. The Balaban J connectivity index is 1.81. The van der Waals surface area contributed by atoms with Crippen LogP contribution in [-0.2, 0) is 13.1 Å². The minimum Gasteiger partial charge on any atom is -0.470 e. The van der Waals surface area contributed by atoms with E-state index in [1.54, 1.807) is 18.7 Å². The molecule has 2 heterocycles. The SMILES string of the molecule is Clc1ccc(CN(Cc2ccc(Br)cc2)c2ccoc2)cn1. The number of halogens is 2. The molecule has 3 aromatic rings. The van der Waals surface area contributed by atoms with Crippen LogP contribution in [0, 0.1) is 0 Å². The molecule has 3 rings (SSSR count). The molecule has 1 aromatic carbocycles. The van der Waals surface area contributed by atoms with Gasteiger partial charge in [-0.05, 0) is 35.4 Å². The van der Waals surface area contributed by atoms with Gasteiger partial charge in [0.15, 0.2) is 0 Å². The summed E-state index contributed by atoms with van der Waals surface area (Å²) in [5.74, 6) is 0. The number of aromatic nitrogens is 1. The molecule has 0 aliphatic carbocycles. The Kier molecular flexibility index (Phi) is 4.80. The predicted molar refractivity (Wildman–Crippen MR) is 92.0 cm³/mol. The van der Waals surface area contributed by atoms with E-state index in [0.29, 0.717) is 5.15 Å². The minimum atomic E-state index is 0.506. The molecule has 0 N–H and O–H groups in total. The second-order valence-corrected chi connectivity index (χ2v) is 6.26. The third kappa shape index (κ3) is 3.90. The number of furan rings is 1. The van der Waals surface area contributed by atoms with E-state index in [2.05, 4.69) is 37.9 Å². The third-order valence-electron chi connectivity index (χ3n) is 3.32. The molecule has 0 unspecified atom stereocenters. The first-order valence-electron chi connectivity index (χ1n) is 6.83. The highest BCUT2D eigenvalue weighted by Crippen LogP contribution is 2.21. The highest BCUT2D eigenvalue weighted by Gasteiger charge is 2.10. The van der Waals surface area contributed by atoms with Gasteiger partial charge in [-0.25, -0.2) is 4.98 Å². The molecule has 0 spiro atoms. The molecule has 0 atom stereocenters. The fourth-order valence-corrected chi connectivity index (χ4v) is 2.58. The lowest BCUT2D eigenvalue weighted by Crippen LogP contribution is -2.21. The summed E-state index contributed by atoms with van der Waals surface area (Å²) in [6, 6.07) is 14.1. The van der Waals surface area contributed by atoms with Crippen LogP contribution in [0.5, 0.6) is 0 Å². The first kappa shape index (κ1) is 15.1. The molecular weight excluding hydrogens is 364 g/mol. The van der Waals surface area contributed by atoms with Crippen molar-refractivity contribution in [2.45, 2.75) is 13.1 Å². The number of rotatable bonds is 5. The van der Waals surface area contributed by atoms with Crippen molar-refractivity contribution in [3.8, 4) is 0 Å². The Morgan fingerprint density at radius 3 is 2.36 bits per heavy atom. The molecule has 2 aromatic heterocycles. The molecule has 0 fully saturated rings. The van der Waals surface area contributed by atoms with E-state index < -0.39 is 0 Å². The molecule has 0 saturated carbocycles. The summed E-state index contributed by atoms with van der Waals surface area (Å²) < 4.78 is 6.30. The van der Waals surface area contributed by atoms with Gasteiger partial charge in [0.2, 0.25) is 0 Å². The Morgan fingerprint density at radius 1 is 1.00 bits per heavy atom. The Labute approximate surface area is 142 Å². The van der Waals surface area contributed by atoms with Crippen LogP contribution in [0.2, 0.25) is 5.15 Å². The van der Waals surface area contributed by atoms with Crippen LogP contribution in [-0.4, -0.2) is 4.98 Å². The van der Waals surface area contributed by atoms with Crippen LogP contribution < -0.4 is 4.90 Å². The van der Waals surface area contributed by atoms with Gasteiger partial charge >= 0.3 is 0 Å². The maximum absolute atomic E-state index is 5.85. The van der Waals surface area contributed by atoms with Crippen molar-refractivity contribution in [1.82, 2.24) is 4.98 Å². The van der Waals surface area contributed by atoms with Crippen molar-refractivity contribution >= 4 is 33.2 Å². The maximum Gasteiger partial charge on any atom is 0.129 e. The van der Waals surface area contributed by atoms with Crippen molar-refractivity contribution in [1.29, 1.82) is 0 Å². The molecule has 0 amide bonds. The highest BCUT2D eigenvalue weighted by molar-refractivity contribution is 9.10. The van der Waals surface area contributed by atoms with Crippen molar-refractivity contribution in [2.75, 3.05) is 4.90 Å². The smallest absolute Gasteiger partial charge is 0.129 e. The summed E-state index contributed by atoms with van der Waals surface area (Å²) in [6.07, 6.45) is 5.24. The lowest BCUT2D eigenvalue weighted by atomic mass is 10.2. The first-order valence-corrected chi connectivity index (χ1v) is 8.00. The molecule has 0 bridgehead atoms. The average molecular weight is 378 g/mol. The van der Waals surface area contributed by atoms with E-state index >= 15 is 0 Å².